The van der Waals surface area contributed by atoms with Gasteiger partial charge in [-0.2, -0.15) is 0 Å². The fraction of sp³-hybridized carbons (Fsp3) is 0.929. The lowest BCUT2D eigenvalue weighted by Gasteiger charge is -2.41. The first-order chi connectivity index (χ1) is 7.83. The zero-order chi connectivity index (χ0) is 12.3. The SMILES string of the molecule is CCCCC[N+]1(CCC)CCCCC1.[C-]#N. The minimum atomic E-state index is 1.37. The molecule has 1 saturated heterocycles. The molecule has 1 aliphatic rings. The monoisotopic (exact) mass is 224 g/mol. The van der Waals surface area contributed by atoms with Crippen LogP contribution in [0.15, 0.2) is 0 Å². The molecule has 0 aromatic rings. The normalized spacial score (nSPS) is 18.5. The predicted molar refractivity (Wildman–Crippen MR) is 68.4 cm³/mol. The summed E-state index contributed by atoms with van der Waals surface area (Å²) in [6, 6.07) is 0. The molecule has 16 heavy (non-hydrogen) atoms. The molecule has 0 spiro atoms. The number of hydrogen-bond donors (Lipinski definition) is 0. The van der Waals surface area contributed by atoms with E-state index in [0.29, 0.717) is 0 Å². The van der Waals surface area contributed by atoms with E-state index in [0.717, 1.165) is 0 Å². The van der Waals surface area contributed by atoms with Crippen molar-refractivity contribution < 1.29 is 4.48 Å². The third kappa shape index (κ3) is 5.51. The summed E-state index contributed by atoms with van der Waals surface area (Å²) in [6.45, 7) is 15.2. The summed E-state index contributed by atoms with van der Waals surface area (Å²) < 4.78 is 1.45. The maximum Gasteiger partial charge on any atom is 0.0786 e. The van der Waals surface area contributed by atoms with E-state index in [-0.39, 0.29) is 0 Å². The Morgan fingerprint density at radius 1 is 0.875 bits per heavy atom. The topological polar surface area (TPSA) is 23.8 Å². The highest BCUT2D eigenvalue weighted by Crippen LogP contribution is 2.20. The second-order valence-electron chi connectivity index (χ2n) is 5.00. The van der Waals surface area contributed by atoms with Crippen molar-refractivity contribution in [3.63, 3.8) is 0 Å². The fourth-order valence-electron chi connectivity index (χ4n) is 2.91. The number of rotatable bonds is 6. The Bertz CT molecular complexity index is 163. The molecule has 0 atom stereocenters. The zero-order valence-electron chi connectivity index (χ0n) is 11.2. The minimum absolute atomic E-state index is 1.37. The highest BCUT2D eigenvalue weighted by atomic mass is 15.3. The van der Waals surface area contributed by atoms with E-state index in [1.54, 1.807) is 0 Å². The maximum absolute atomic E-state index is 6.25. The number of piperidine rings is 1. The van der Waals surface area contributed by atoms with Gasteiger partial charge in [-0.1, -0.05) is 20.3 Å². The number of unbranched alkanes of at least 4 members (excludes halogenated alkanes) is 2. The van der Waals surface area contributed by atoms with Crippen molar-refractivity contribution in [2.75, 3.05) is 26.2 Å². The summed E-state index contributed by atoms with van der Waals surface area (Å²) in [5.41, 5.74) is 0. The Kier molecular flexibility index (Phi) is 9.33. The quantitative estimate of drug-likeness (QED) is 0.383. The van der Waals surface area contributed by atoms with Gasteiger partial charge in [-0.15, -0.1) is 0 Å². The Labute approximate surface area is 102 Å². The van der Waals surface area contributed by atoms with Crippen molar-refractivity contribution >= 4 is 0 Å². The third-order valence-electron chi connectivity index (χ3n) is 3.70. The Morgan fingerprint density at radius 2 is 1.50 bits per heavy atom. The standard InChI is InChI=1S/C13H28N.CN/c1-3-5-7-11-14(10-4-2)12-8-6-9-13-14;1-2/h3-13H2,1-2H3;/q+1;-1. The first-order valence-corrected chi connectivity index (χ1v) is 6.90. The third-order valence-corrected chi connectivity index (χ3v) is 3.70. The summed E-state index contributed by atoms with van der Waals surface area (Å²) >= 11 is 0. The van der Waals surface area contributed by atoms with Crippen LogP contribution in [0.3, 0.4) is 0 Å². The van der Waals surface area contributed by atoms with Gasteiger partial charge >= 0.3 is 0 Å². The number of nitrogens with zero attached hydrogens (tertiary/aromatic N) is 2. The van der Waals surface area contributed by atoms with Crippen molar-refractivity contribution in [1.29, 1.82) is 5.26 Å². The molecule has 2 nitrogen and oxygen atoms in total. The van der Waals surface area contributed by atoms with Crippen LogP contribution < -0.4 is 0 Å². The van der Waals surface area contributed by atoms with Gasteiger partial charge in [-0.05, 0) is 38.5 Å². The smallest absolute Gasteiger partial charge is 0.0786 e. The molecule has 0 N–H and O–H groups in total. The lowest BCUT2D eigenvalue weighted by molar-refractivity contribution is -0.932. The van der Waals surface area contributed by atoms with Crippen molar-refractivity contribution in [1.82, 2.24) is 0 Å². The molecule has 0 aromatic heterocycles. The molecule has 1 aliphatic heterocycles. The average Bonchev–Trinajstić information content (AvgIpc) is 2.34. The maximum atomic E-state index is 6.25. The van der Waals surface area contributed by atoms with Gasteiger partial charge in [0.05, 0.1) is 26.2 Å². The second kappa shape index (κ2) is 9.66. The molecule has 0 aromatic carbocycles. The minimum Gasteiger partial charge on any atom is -0.512 e. The summed E-state index contributed by atoms with van der Waals surface area (Å²) in [5, 5.41) is 6.25. The molecule has 0 radical (unpaired) electrons. The zero-order valence-corrected chi connectivity index (χ0v) is 11.2. The van der Waals surface area contributed by atoms with Crippen molar-refractivity contribution in [3.05, 3.63) is 6.57 Å². The van der Waals surface area contributed by atoms with Crippen LogP contribution in [0.1, 0.15) is 58.8 Å². The summed E-state index contributed by atoms with van der Waals surface area (Å²) in [6.07, 6.45) is 10.1. The van der Waals surface area contributed by atoms with Crippen molar-refractivity contribution in [2.45, 2.75) is 58.8 Å². The molecule has 1 rings (SSSR count). The molecule has 1 heterocycles. The Morgan fingerprint density at radius 3 is 2.00 bits per heavy atom. The summed E-state index contributed by atoms with van der Waals surface area (Å²) in [5.74, 6) is 0. The van der Waals surface area contributed by atoms with Gasteiger partial charge in [0.25, 0.3) is 0 Å². The molecular weight excluding hydrogens is 196 g/mol. The first-order valence-electron chi connectivity index (χ1n) is 6.90. The van der Waals surface area contributed by atoms with E-state index in [4.69, 9.17) is 11.8 Å². The van der Waals surface area contributed by atoms with E-state index in [1.807, 2.05) is 0 Å². The van der Waals surface area contributed by atoms with Gasteiger partial charge < -0.3 is 16.3 Å². The summed E-state index contributed by atoms with van der Waals surface area (Å²) in [7, 11) is 0. The van der Waals surface area contributed by atoms with Crippen LogP contribution in [0.4, 0.5) is 0 Å². The average molecular weight is 224 g/mol. The lowest BCUT2D eigenvalue weighted by atomic mass is 10.1. The van der Waals surface area contributed by atoms with Gasteiger partial charge in [0.15, 0.2) is 0 Å². The van der Waals surface area contributed by atoms with Gasteiger partial charge in [-0.3, -0.25) is 0 Å². The highest BCUT2D eigenvalue weighted by molar-refractivity contribution is 4.54. The first kappa shape index (κ1) is 15.4. The summed E-state index contributed by atoms with van der Waals surface area (Å²) in [4.78, 5) is 0. The lowest BCUT2D eigenvalue weighted by Crippen LogP contribution is -2.52. The van der Waals surface area contributed by atoms with Gasteiger partial charge in [-0.25, -0.2) is 0 Å². The van der Waals surface area contributed by atoms with E-state index in [2.05, 4.69) is 13.8 Å². The Balaban J connectivity index is 0.00000106. The van der Waals surface area contributed by atoms with Crippen LogP contribution in [0.5, 0.6) is 0 Å². The second-order valence-corrected chi connectivity index (χ2v) is 5.00. The van der Waals surface area contributed by atoms with E-state index in [9.17, 15) is 0 Å². The van der Waals surface area contributed by atoms with E-state index >= 15 is 0 Å². The molecule has 1 fully saturated rings. The molecule has 0 saturated carbocycles. The Hall–Kier alpha value is -0.550. The molecule has 0 amide bonds. The molecule has 0 unspecified atom stereocenters. The van der Waals surface area contributed by atoms with Gasteiger partial charge in [0.2, 0.25) is 0 Å². The molecular formula is C14H28N2. The fourth-order valence-corrected chi connectivity index (χ4v) is 2.91. The van der Waals surface area contributed by atoms with Crippen LogP contribution in [-0.2, 0) is 0 Å². The highest BCUT2D eigenvalue weighted by Gasteiger charge is 2.27. The molecule has 0 aliphatic carbocycles. The van der Waals surface area contributed by atoms with Crippen molar-refractivity contribution in [2.24, 2.45) is 0 Å². The number of hydrogen-bond acceptors (Lipinski definition) is 1. The van der Waals surface area contributed by atoms with E-state index in [1.165, 1.54) is 75.6 Å². The van der Waals surface area contributed by atoms with Gasteiger partial charge in [0.1, 0.15) is 0 Å². The molecule has 94 valence electrons. The number of quaternary nitrogens is 1. The number of likely N-dealkylation sites (tertiary alicyclic amines) is 1. The van der Waals surface area contributed by atoms with Crippen LogP contribution >= 0.6 is 0 Å². The largest absolute Gasteiger partial charge is 0.512 e. The van der Waals surface area contributed by atoms with Crippen molar-refractivity contribution in [3.8, 4) is 0 Å². The van der Waals surface area contributed by atoms with Gasteiger partial charge in [0, 0.05) is 0 Å². The molecule has 0 bridgehead atoms. The molecule has 2 heteroatoms. The van der Waals surface area contributed by atoms with Crippen LogP contribution in [0.2, 0.25) is 0 Å². The van der Waals surface area contributed by atoms with Crippen LogP contribution in [0, 0.1) is 11.8 Å². The predicted octanol–water partition coefficient (Wildman–Crippen LogP) is 3.68. The van der Waals surface area contributed by atoms with E-state index < -0.39 is 0 Å². The van der Waals surface area contributed by atoms with Crippen LogP contribution in [0.25, 0.3) is 0 Å². The van der Waals surface area contributed by atoms with Crippen LogP contribution in [-0.4, -0.2) is 30.7 Å².